The number of carbonyl (C=O) groups is 2. The number of carboxylic acids is 1. The molecule has 170 valence electrons. The van der Waals surface area contributed by atoms with E-state index in [9.17, 15) is 9.59 Å². The van der Waals surface area contributed by atoms with Crippen molar-refractivity contribution in [1.29, 1.82) is 0 Å². The monoisotopic (exact) mass is 447 g/mol. The molecular formula is C25H25N3O5. The van der Waals surface area contributed by atoms with Crippen molar-refractivity contribution in [3.63, 3.8) is 0 Å². The van der Waals surface area contributed by atoms with Crippen LogP contribution >= 0.6 is 0 Å². The predicted molar refractivity (Wildman–Crippen MR) is 122 cm³/mol. The highest BCUT2D eigenvalue weighted by Crippen LogP contribution is 2.37. The smallest absolute Gasteiger partial charge is 0.337 e. The Labute approximate surface area is 191 Å². The molecule has 1 aromatic heterocycles. The van der Waals surface area contributed by atoms with E-state index >= 15 is 0 Å². The van der Waals surface area contributed by atoms with E-state index in [1.807, 2.05) is 53.4 Å². The molecule has 0 aliphatic carbocycles. The molecule has 1 aliphatic rings. The Kier molecular flexibility index (Phi) is 6.85. The zero-order valence-corrected chi connectivity index (χ0v) is 18.2. The highest BCUT2D eigenvalue weighted by atomic mass is 16.6. The van der Waals surface area contributed by atoms with Gasteiger partial charge in [-0.05, 0) is 54.3 Å². The molecule has 1 unspecified atom stereocenters. The zero-order valence-electron chi connectivity index (χ0n) is 18.2. The van der Waals surface area contributed by atoms with Crippen molar-refractivity contribution >= 4 is 17.7 Å². The Morgan fingerprint density at radius 1 is 1.12 bits per heavy atom. The molecule has 0 spiro atoms. The number of rotatable bonds is 10. The number of aromatic nitrogens is 1. The van der Waals surface area contributed by atoms with Gasteiger partial charge in [-0.1, -0.05) is 30.3 Å². The van der Waals surface area contributed by atoms with Crippen LogP contribution in [0, 0.1) is 0 Å². The number of methoxy groups -OCH3 is 1. The first kappa shape index (κ1) is 22.3. The molecule has 0 saturated carbocycles. The van der Waals surface area contributed by atoms with Crippen molar-refractivity contribution in [2.75, 3.05) is 19.2 Å². The number of carbonyl (C=O) groups excluding carboxylic acids is 1. The number of ether oxygens (including phenoxy) is 1. The Balaban J connectivity index is 1.36. The maximum atomic E-state index is 13.1. The topological polar surface area (TPSA) is 101 Å². The summed E-state index contributed by atoms with van der Waals surface area (Å²) in [6, 6.07) is 18.5. The van der Waals surface area contributed by atoms with Gasteiger partial charge in [-0.3, -0.25) is 9.63 Å². The van der Waals surface area contributed by atoms with Crippen molar-refractivity contribution in [3.05, 3.63) is 89.1 Å². The van der Waals surface area contributed by atoms with Gasteiger partial charge < -0.3 is 14.7 Å². The molecule has 1 aliphatic heterocycles. The summed E-state index contributed by atoms with van der Waals surface area (Å²) in [7, 11) is 1.63. The lowest BCUT2D eigenvalue weighted by molar-refractivity contribution is 0.0685. The summed E-state index contributed by atoms with van der Waals surface area (Å²) in [5, 5.41) is 8.93. The molecule has 3 aromatic rings. The van der Waals surface area contributed by atoms with Crippen LogP contribution in [0.1, 0.15) is 50.7 Å². The Morgan fingerprint density at radius 2 is 1.91 bits per heavy atom. The molecule has 1 amide bonds. The number of anilines is 1. The molecule has 33 heavy (non-hydrogen) atoms. The molecule has 0 bridgehead atoms. The minimum Gasteiger partial charge on any atom is -0.497 e. The van der Waals surface area contributed by atoms with Crippen molar-refractivity contribution in [2.45, 2.75) is 25.4 Å². The minimum absolute atomic E-state index is 0.0348. The van der Waals surface area contributed by atoms with Crippen LogP contribution in [0.4, 0.5) is 5.82 Å². The molecule has 0 fully saturated rings. The third kappa shape index (κ3) is 5.12. The summed E-state index contributed by atoms with van der Waals surface area (Å²) in [6.45, 7) is 0.923. The average molecular weight is 447 g/mol. The molecule has 1 atom stereocenters. The fourth-order valence-corrected chi connectivity index (χ4v) is 3.92. The summed E-state index contributed by atoms with van der Waals surface area (Å²) < 4.78 is 5.23. The van der Waals surface area contributed by atoms with Gasteiger partial charge in [0.2, 0.25) is 0 Å². The number of benzene rings is 2. The van der Waals surface area contributed by atoms with Gasteiger partial charge in [0.1, 0.15) is 11.6 Å². The standard InChI is InChI=1S/C25H25N3O5/c1-32-19-11-8-17(9-12-19)16-28-22(20-5-2-3-6-21(20)24(28)29)7-4-14-33-27-23-13-10-18(15-26-23)25(30)31/h2-3,5-6,8-13,15,22H,4,7,14,16H2,1H3,(H,26,27)(H,30,31). The first-order valence-electron chi connectivity index (χ1n) is 10.7. The second-order valence-corrected chi connectivity index (χ2v) is 7.71. The maximum Gasteiger partial charge on any atom is 0.337 e. The molecule has 0 saturated heterocycles. The lowest BCUT2D eigenvalue weighted by Gasteiger charge is -2.25. The molecule has 8 heteroatoms. The van der Waals surface area contributed by atoms with Crippen molar-refractivity contribution in [2.24, 2.45) is 0 Å². The van der Waals surface area contributed by atoms with E-state index in [1.165, 1.54) is 12.3 Å². The van der Waals surface area contributed by atoms with E-state index < -0.39 is 5.97 Å². The number of nitrogens with one attached hydrogen (secondary N) is 1. The normalized spacial score (nSPS) is 14.8. The van der Waals surface area contributed by atoms with Crippen LogP contribution in [0.25, 0.3) is 0 Å². The number of hydrogen-bond acceptors (Lipinski definition) is 6. The molecule has 8 nitrogen and oxygen atoms in total. The van der Waals surface area contributed by atoms with E-state index in [2.05, 4.69) is 10.5 Å². The van der Waals surface area contributed by atoms with Crippen LogP contribution < -0.4 is 10.2 Å². The number of fused-ring (bicyclic) bond motifs is 1. The van der Waals surface area contributed by atoms with Gasteiger partial charge in [-0.2, -0.15) is 0 Å². The first-order chi connectivity index (χ1) is 16.1. The first-order valence-corrected chi connectivity index (χ1v) is 10.7. The molecule has 2 N–H and O–H groups in total. The molecule has 2 aromatic carbocycles. The number of hydrogen-bond donors (Lipinski definition) is 2. The molecular weight excluding hydrogens is 422 g/mol. The fraction of sp³-hybridized carbons (Fsp3) is 0.240. The third-order valence-corrected chi connectivity index (χ3v) is 5.61. The van der Waals surface area contributed by atoms with Gasteiger partial charge in [0.05, 0.1) is 25.3 Å². The number of nitrogens with zero attached hydrogens (tertiary/aromatic N) is 2. The van der Waals surface area contributed by atoms with Crippen LogP contribution in [-0.2, 0) is 11.4 Å². The minimum atomic E-state index is -1.03. The number of aromatic carboxylic acids is 1. The number of amides is 1. The highest BCUT2D eigenvalue weighted by molar-refractivity contribution is 5.99. The fourth-order valence-electron chi connectivity index (χ4n) is 3.92. The largest absolute Gasteiger partial charge is 0.497 e. The van der Waals surface area contributed by atoms with Gasteiger partial charge in [0.25, 0.3) is 5.91 Å². The van der Waals surface area contributed by atoms with Gasteiger partial charge in [0, 0.05) is 18.3 Å². The molecule has 0 radical (unpaired) electrons. The van der Waals surface area contributed by atoms with Gasteiger partial charge in [-0.25, -0.2) is 15.3 Å². The Bertz CT molecular complexity index is 1120. The highest BCUT2D eigenvalue weighted by Gasteiger charge is 2.35. The molecule has 2 heterocycles. The van der Waals surface area contributed by atoms with Crippen molar-refractivity contribution in [3.8, 4) is 5.75 Å². The van der Waals surface area contributed by atoms with E-state index in [1.54, 1.807) is 13.2 Å². The van der Waals surface area contributed by atoms with E-state index in [0.29, 0.717) is 25.4 Å². The van der Waals surface area contributed by atoms with Crippen LogP contribution in [-0.4, -0.2) is 40.6 Å². The number of carboxylic acid groups (broad SMARTS) is 1. The van der Waals surface area contributed by atoms with Crippen LogP contribution in [0.2, 0.25) is 0 Å². The maximum absolute atomic E-state index is 13.1. The molecule has 4 rings (SSSR count). The van der Waals surface area contributed by atoms with Crippen molar-refractivity contribution in [1.82, 2.24) is 9.88 Å². The Hall–Kier alpha value is -3.91. The van der Waals surface area contributed by atoms with Crippen LogP contribution in [0.3, 0.4) is 0 Å². The summed E-state index contributed by atoms with van der Waals surface area (Å²) in [5.41, 5.74) is 5.67. The van der Waals surface area contributed by atoms with Gasteiger partial charge >= 0.3 is 5.97 Å². The van der Waals surface area contributed by atoms with Gasteiger partial charge in [0.15, 0.2) is 0 Å². The van der Waals surface area contributed by atoms with Gasteiger partial charge in [-0.15, -0.1) is 0 Å². The lowest BCUT2D eigenvalue weighted by Crippen LogP contribution is -2.28. The summed E-state index contributed by atoms with van der Waals surface area (Å²) in [4.78, 5) is 35.4. The average Bonchev–Trinajstić information content (AvgIpc) is 3.10. The summed E-state index contributed by atoms with van der Waals surface area (Å²) in [5.74, 6) is 0.222. The zero-order chi connectivity index (χ0) is 23.2. The predicted octanol–water partition coefficient (Wildman–Crippen LogP) is 4.31. The Morgan fingerprint density at radius 3 is 2.61 bits per heavy atom. The third-order valence-electron chi connectivity index (χ3n) is 5.61. The summed E-state index contributed by atoms with van der Waals surface area (Å²) >= 11 is 0. The lowest BCUT2D eigenvalue weighted by atomic mass is 10.0. The van der Waals surface area contributed by atoms with E-state index in [-0.39, 0.29) is 17.5 Å². The summed E-state index contributed by atoms with van der Waals surface area (Å²) in [6.07, 6.45) is 2.73. The van der Waals surface area contributed by atoms with Crippen LogP contribution in [0.15, 0.2) is 66.9 Å². The van der Waals surface area contributed by atoms with Crippen molar-refractivity contribution < 1.29 is 24.3 Å². The van der Waals surface area contributed by atoms with E-state index in [0.717, 1.165) is 28.9 Å². The van der Waals surface area contributed by atoms with E-state index in [4.69, 9.17) is 14.7 Å². The SMILES string of the molecule is COc1ccc(CN2C(=O)c3ccccc3C2CCCONc2ccc(C(=O)O)cn2)cc1. The quantitative estimate of drug-likeness (QED) is 0.353. The second-order valence-electron chi connectivity index (χ2n) is 7.71. The second kappa shape index (κ2) is 10.1. The number of pyridine rings is 1. The van der Waals surface area contributed by atoms with Crippen LogP contribution in [0.5, 0.6) is 5.75 Å².